The molecule has 1 atom stereocenters. The fraction of sp³-hybridized carbons (Fsp3) is 0.200. The number of benzene rings is 1. The molecule has 1 aromatic carbocycles. The van der Waals surface area contributed by atoms with Gasteiger partial charge in [0.2, 0.25) is 0 Å². The van der Waals surface area contributed by atoms with Crippen molar-refractivity contribution in [2.24, 2.45) is 4.99 Å². The summed E-state index contributed by atoms with van der Waals surface area (Å²) in [7, 11) is 0. The molecule has 90 valence electrons. The normalized spacial score (nSPS) is 12.5. The van der Waals surface area contributed by atoms with Gasteiger partial charge in [-0.1, -0.05) is 12.1 Å². The number of aliphatic hydroxyl groups is 1. The number of non-ortho nitro benzene ring substituents is 1. The Hall–Kier alpha value is -2.28. The topological polar surface area (TPSA) is 113 Å². The zero-order valence-electron chi connectivity index (χ0n) is 8.68. The van der Waals surface area contributed by atoms with Crippen LogP contribution < -0.4 is 0 Å². The first kappa shape index (κ1) is 12.8. The van der Waals surface area contributed by atoms with Gasteiger partial charge in [0, 0.05) is 18.3 Å². The molecule has 0 aliphatic carbocycles. The third-order valence-electron chi connectivity index (χ3n) is 1.94. The van der Waals surface area contributed by atoms with Crippen LogP contribution in [0, 0.1) is 10.1 Å². The zero-order valence-corrected chi connectivity index (χ0v) is 8.68. The van der Waals surface area contributed by atoms with Crippen LogP contribution in [-0.4, -0.2) is 40.0 Å². The first-order valence-electron chi connectivity index (χ1n) is 4.66. The van der Waals surface area contributed by atoms with Gasteiger partial charge in [-0.05, 0) is 5.56 Å². The molecule has 0 aliphatic heterocycles. The highest BCUT2D eigenvalue weighted by Crippen LogP contribution is 2.11. The summed E-state index contributed by atoms with van der Waals surface area (Å²) in [5.41, 5.74) is 0.295. The first-order valence-corrected chi connectivity index (χ1v) is 4.66. The van der Waals surface area contributed by atoms with E-state index >= 15 is 0 Å². The van der Waals surface area contributed by atoms with Crippen molar-refractivity contribution >= 4 is 17.9 Å². The third-order valence-corrected chi connectivity index (χ3v) is 1.94. The lowest BCUT2D eigenvalue weighted by molar-refractivity contribution is -0.384. The van der Waals surface area contributed by atoms with Crippen molar-refractivity contribution in [2.75, 3.05) is 6.61 Å². The standard InChI is InChI=1S/C10H10N2O5/c13-6-9(10(14)15)11-5-7-2-1-3-8(4-7)12(16)17/h1-5,9,13H,6H2,(H,14,15)/b11-5-. The SMILES string of the molecule is O=C(O)C(CO)/N=C\c1cccc([N+](=O)[O-])c1. The lowest BCUT2D eigenvalue weighted by Crippen LogP contribution is -2.22. The number of rotatable bonds is 5. The predicted molar refractivity (Wildman–Crippen MR) is 59.2 cm³/mol. The summed E-state index contributed by atoms with van der Waals surface area (Å²) < 4.78 is 0. The highest BCUT2D eigenvalue weighted by molar-refractivity contribution is 5.84. The van der Waals surface area contributed by atoms with E-state index in [1.165, 1.54) is 24.4 Å². The van der Waals surface area contributed by atoms with Gasteiger partial charge >= 0.3 is 5.97 Å². The van der Waals surface area contributed by atoms with Crippen molar-refractivity contribution in [1.82, 2.24) is 0 Å². The van der Waals surface area contributed by atoms with Crippen molar-refractivity contribution < 1.29 is 19.9 Å². The quantitative estimate of drug-likeness (QED) is 0.439. The van der Waals surface area contributed by atoms with Crippen molar-refractivity contribution in [2.45, 2.75) is 6.04 Å². The summed E-state index contributed by atoms with van der Waals surface area (Å²) in [6.45, 7) is -0.624. The van der Waals surface area contributed by atoms with E-state index in [9.17, 15) is 14.9 Å². The second-order valence-electron chi connectivity index (χ2n) is 3.17. The molecule has 1 rings (SSSR count). The number of hydrogen-bond donors (Lipinski definition) is 2. The van der Waals surface area contributed by atoms with Crippen LogP contribution in [0.25, 0.3) is 0 Å². The van der Waals surface area contributed by atoms with Crippen LogP contribution in [-0.2, 0) is 4.79 Å². The van der Waals surface area contributed by atoms with Gasteiger partial charge in [-0.3, -0.25) is 15.1 Å². The Balaban J connectivity index is 2.87. The molecule has 0 aromatic heterocycles. The van der Waals surface area contributed by atoms with Crippen LogP contribution in [0.15, 0.2) is 29.3 Å². The minimum Gasteiger partial charge on any atom is -0.480 e. The Morgan fingerprint density at radius 3 is 2.82 bits per heavy atom. The van der Waals surface area contributed by atoms with Gasteiger partial charge in [0.05, 0.1) is 11.5 Å². The molecule has 0 fully saturated rings. The van der Waals surface area contributed by atoms with Gasteiger partial charge in [0.1, 0.15) is 0 Å². The highest BCUT2D eigenvalue weighted by atomic mass is 16.6. The van der Waals surface area contributed by atoms with Crippen LogP contribution in [0.2, 0.25) is 0 Å². The molecular formula is C10H10N2O5. The number of nitrogens with zero attached hydrogens (tertiary/aromatic N) is 2. The Morgan fingerprint density at radius 1 is 1.59 bits per heavy atom. The molecule has 0 radical (unpaired) electrons. The summed E-state index contributed by atoms with van der Waals surface area (Å²) >= 11 is 0. The number of carboxylic acid groups (broad SMARTS) is 1. The fourth-order valence-corrected chi connectivity index (χ4v) is 1.08. The van der Waals surface area contributed by atoms with Gasteiger partial charge in [-0.25, -0.2) is 4.79 Å². The zero-order chi connectivity index (χ0) is 12.8. The van der Waals surface area contributed by atoms with E-state index in [2.05, 4.69) is 4.99 Å². The third kappa shape index (κ3) is 3.65. The molecule has 2 N–H and O–H groups in total. The molecule has 7 nitrogen and oxygen atoms in total. The Morgan fingerprint density at radius 2 is 2.29 bits per heavy atom. The van der Waals surface area contributed by atoms with E-state index in [1.54, 1.807) is 6.07 Å². The van der Waals surface area contributed by atoms with Gasteiger partial charge in [-0.15, -0.1) is 0 Å². The molecule has 0 bridgehead atoms. The molecule has 1 aromatic rings. The van der Waals surface area contributed by atoms with Gasteiger partial charge < -0.3 is 10.2 Å². The number of aliphatic carboxylic acids is 1. The van der Waals surface area contributed by atoms with Crippen molar-refractivity contribution in [3.05, 3.63) is 39.9 Å². The van der Waals surface area contributed by atoms with Crippen LogP contribution in [0.3, 0.4) is 0 Å². The molecule has 0 aliphatic rings. The summed E-state index contributed by atoms with van der Waals surface area (Å²) in [6.07, 6.45) is 1.18. The molecule has 0 saturated carbocycles. The van der Waals surface area contributed by atoms with Crippen molar-refractivity contribution in [1.29, 1.82) is 0 Å². The summed E-state index contributed by atoms with van der Waals surface area (Å²) in [5, 5.41) is 27.8. The van der Waals surface area contributed by atoms with E-state index in [0.717, 1.165) is 0 Å². The van der Waals surface area contributed by atoms with Crippen molar-refractivity contribution in [3.63, 3.8) is 0 Å². The maximum atomic E-state index is 10.5. The smallest absolute Gasteiger partial charge is 0.330 e. The lowest BCUT2D eigenvalue weighted by atomic mass is 10.2. The van der Waals surface area contributed by atoms with Crippen LogP contribution in [0.5, 0.6) is 0 Å². The van der Waals surface area contributed by atoms with Crippen molar-refractivity contribution in [3.8, 4) is 0 Å². The lowest BCUT2D eigenvalue weighted by Gasteiger charge is -2.01. The number of carboxylic acids is 1. The minimum atomic E-state index is -1.26. The number of nitro groups is 1. The molecule has 0 amide bonds. The Bertz CT molecular complexity index is 458. The van der Waals surface area contributed by atoms with E-state index in [1.807, 2.05) is 0 Å². The minimum absolute atomic E-state index is 0.107. The van der Waals surface area contributed by atoms with Crippen LogP contribution in [0.4, 0.5) is 5.69 Å². The molecule has 0 heterocycles. The Labute approximate surface area is 96.2 Å². The molecule has 0 spiro atoms. The van der Waals surface area contributed by atoms with Gasteiger partial charge in [0.15, 0.2) is 6.04 Å². The van der Waals surface area contributed by atoms with E-state index < -0.39 is 23.5 Å². The molecule has 1 unspecified atom stereocenters. The monoisotopic (exact) mass is 238 g/mol. The van der Waals surface area contributed by atoms with E-state index in [0.29, 0.717) is 5.56 Å². The van der Waals surface area contributed by atoms with E-state index in [-0.39, 0.29) is 5.69 Å². The second kappa shape index (κ2) is 5.71. The number of hydrogen-bond acceptors (Lipinski definition) is 5. The summed E-state index contributed by atoms with van der Waals surface area (Å²) in [5.74, 6) is -1.26. The van der Waals surface area contributed by atoms with E-state index in [4.69, 9.17) is 10.2 Å². The highest BCUT2D eigenvalue weighted by Gasteiger charge is 2.13. The number of nitro benzene ring substituents is 1. The number of aliphatic hydroxyl groups excluding tert-OH is 1. The molecule has 17 heavy (non-hydrogen) atoms. The maximum absolute atomic E-state index is 10.5. The second-order valence-corrected chi connectivity index (χ2v) is 3.17. The fourth-order valence-electron chi connectivity index (χ4n) is 1.08. The Kier molecular flexibility index (Phi) is 4.29. The van der Waals surface area contributed by atoms with Gasteiger partial charge in [-0.2, -0.15) is 0 Å². The molecule has 7 heteroatoms. The first-order chi connectivity index (χ1) is 8.04. The predicted octanol–water partition coefficient (Wildman–Crippen LogP) is 0.459. The largest absolute Gasteiger partial charge is 0.480 e. The molecule has 0 saturated heterocycles. The van der Waals surface area contributed by atoms with Crippen LogP contribution >= 0.6 is 0 Å². The summed E-state index contributed by atoms with van der Waals surface area (Å²) in [6, 6.07) is 4.34. The number of aliphatic imine (C=N–C) groups is 1. The number of carbonyl (C=O) groups is 1. The maximum Gasteiger partial charge on any atom is 0.330 e. The summed E-state index contributed by atoms with van der Waals surface area (Å²) in [4.78, 5) is 24.1. The molecular weight excluding hydrogens is 228 g/mol. The average molecular weight is 238 g/mol. The van der Waals surface area contributed by atoms with Crippen LogP contribution in [0.1, 0.15) is 5.56 Å². The average Bonchev–Trinajstić information content (AvgIpc) is 2.29. The van der Waals surface area contributed by atoms with Gasteiger partial charge in [0.25, 0.3) is 5.69 Å².